The zero-order valence-electron chi connectivity index (χ0n) is 17.6. The first-order chi connectivity index (χ1) is 15.1. The third kappa shape index (κ3) is 4.27. The predicted molar refractivity (Wildman–Crippen MR) is 119 cm³/mol. The number of nitrogens with one attached hydrogen (secondary N) is 1. The molecule has 3 aromatic rings. The molecule has 0 saturated carbocycles. The van der Waals surface area contributed by atoms with Gasteiger partial charge in [-0.25, -0.2) is 15.0 Å². The molecule has 1 atom stereocenters. The van der Waals surface area contributed by atoms with Crippen LogP contribution in [0.4, 0.5) is 11.8 Å². The Hall–Kier alpha value is -3.70. The summed E-state index contributed by atoms with van der Waals surface area (Å²) in [7, 11) is 1.62. The second-order valence-electron chi connectivity index (χ2n) is 7.37. The lowest BCUT2D eigenvalue weighted by atomic mass is 9.94. The summed E-state index contributed by atoms with van der Waals surface area (Å²) in [4.78, 5) is 13.3. The third-order valence-electron chi connectivity index (χ3n) is 5.40. The van der Waals surface area contributed by atoms with Gasteiger partial charge < -0.3 is 20.5 Å². The Morgan fingerprint density at radius 3 is 2.58 bits per heavy atom. The third-order valence-corrected chi connectivity index (χ3v) is 5.40. The average molecular weight is 416 g/mol. The molecule has 4 rings (SSSR count). The quantitative estimate of drug-likeness (QED) is 0.626. The van der Waals surface area contributed by atoms with Crippen LogP contribution in [0.2, 0.25) is 0 Å². The first-order valence-electron chi connectivity index (χ1n) is 10.1. The SMILES string of the molecule is COc1ccc(-c2nc(N)c(C#N)c(-c3cnc(NCC4CCCO4)nc3)c2C)cc1. The van der Waals surface area contributed by atoms with Gasteiger partial charge in [0.1, 0.15) is 23.2 Å². The van der Waals surface area contributed by atoms with E-state index in [9.17, 15) is 5.26 Å². The number of nitriles is 1. The number of benzene rings is 1. The van der Waals surface area contributed by atoms with Crippen molar-refractivity contribution < 1.29 is 9.47 Å². The normalized spacial score (nSPS) is 15.5. The van der Waals surface area contributed by atoms with Crippen molar-refractivity contribution >= 4 is 11.8 Å². The van der Waals surface area contributed by atoms with E-state index in [1.54, 1.807) is 19.5 Å². The molecule has 158 valence electrons. The molecule has 1 aliphatic rings. The smallest absolute Gasteiger partial charge is 0.222 e. The van der Waals surface area contributed by atoms with Crippen LogP contribution in [0.3, 0.4) is 0 Å². The van der Waals surface area contributed by atoms with E-state index in [1.807, 2.05) is 31.2 Å². The summed E-state index contributed by atoms with van der Waals surface area (Å²) >= 11 is 0. The molecular formula is C23H24N6O2. The van der Waals surface area contributed by atoms with Crippen LogP contribution in [0.1, 0.15) is 24.0 Å². The van der Waals surface area contributed by atoms with Crippen LogP contribution in [0.25, 0.3) is 22.4 Å². The highest BCUT2D eigenvalue weighted by atomic mass is 16.5. The Bertz CT molecular complexity index is 1100. The van der Waals surface area contributed by atoms with E-state index in [0.29, 0.717) is 34.9 Å². The van der Waals surface area contributed by atoms with Gasteiger partial charge in [-0.1, -0.05) is 0 Å². The van der Waals surface area contributed by atoms with Crippen molar-refractivity contribution in [1.29, 1.82) is 5.26 Å². The number of rotatable bonds is 6. The van der Waals surface area contributed by atoms with E-state index in [2.05, 4.69) is 26.3 Å². The second kappa shape index (κ2) is 8.98. The molecule has 31 heavy (non-hydrogen) atoms. The van der Waals surface area contributed by atoms with E-state index >= 15 is 0 Å². The molecule has 1 saturated heterocycles. The van der Waals surface area contributed by atoms with Crippen molar-refractivity contribution in [2.24, 2.45) is 0 Å². The van der Waals surface area contributed by atoms with Gasteiger partial charge in [-0.2, -0.15) is 5.26 Å². The zero-order valence-corrected chi connectivity index (χ0v) is 17.6. The maximum absolute atomic E-state index is 9.72. The van der Waals surface area contributed by atoms with Gasteiger partial charge in [-0.05, 0) is 49.6 Å². The second-order valence-corrected chi connectivity index (χ2v) is 7.37. The minimum absolute atomic E-state index is 0.175. The van der Waals surface area contributed by atoms with Gasteiger partial charge in [0.15, 0.2) is 0 Å². The molecule has 8 heteroatoms. The van der Waals surface area contributed by atoms with Gasteiger partial charge in [-0.15, -0.1) is 0 Å². The summed E-state index contributed by atoms with van der Waals surface area (Å²) in [6.45, 7) is 3.40. The van der Waals surface area contributed by atoms with E-state index in [1.165, 1.54) is 0 Å². The molecule has 1 aliphatic heterocycles. The summed E-state index contributed by atoms with van der Waals surface area (Å²) in [6.07, 6.45) is 5.72. The van der Waals surface area contributed by atoms with Gasteiger partial charge >= 0.3 is 0 Å². The van der Waals surface area contributed by atoms with Crippen molar-refractivity contribution in [3.05, 3.63) is 47.8 Å². The number of nitrogen functional groups attached to an aromatic ring is 1. The van der Waals surface area contributed by atoms with Crippen LogP contribution in [0.15, 0.2) is 36.7 Å². The summed E-state index contributed by atoms with van der Waals surface area (Å²) in [5.74, 6) is 1.45. The summed E-state index contributed by atoms with van der Waals surface area (Å²) < 4.78 is 10.8. The lowest BCUT2D eigenvalue weighted by Gasteiger charge is -2.15. The Labute approximate surface area is 181 Å². The zero-order chi connectivity index (χ0) is 21.8. The molecule has 0 aliphatic carbocycles. The molecule has 2 aromatic heterocycles. The number of nitrogens with two attached hydrogens (primary N) is 1. The highest BCUT2D eigenvalue weighted by Gasteiger charge is 2.19. The lowest BCUT2D eigenvalue weighted by molar-refractivity contribution is 0.120. The van der Waals surface area contributed by atoms with Crippen molar-refractivity contribution in [2.45, 2.75) is 25.9 Å². The number of methoxy groups -OCH3 is 1. The fourth-order valence-electron chi connectivity index (χ4n) is 3.76. The highest BCUT2D eigenvalue weighted by Crippen LogP contribution is 2.35. The monoisotopic (exact) mass is 416 g/mol. The fraction of sp³-hybridized carbons (Fsp3) is 0.304. The summed E-state index contributed by atoms with van der Waals surface area (Å²) in [5.41, 5.74) is 10.3. The van der Waals surface area contributed by atoms with Crippen LogP contribution >= 0.6 is 0 Å². The van der Waals surface area contributed by atoms with Crippen molar-refractivity contribution in [3.8, 4) is 34.2 Å². The first kappa shape index (κ1) is 20.6. The summed E-state index contributed by atoms with van der Waals surface area (Å²) in [5, 5.41) is 12.9. The molecule has 0 bridgehead atoms. The number of anilines is 2. The number of hydrogen-bond acceptors (Lipinski definition) is 8. The maximum atomic E-state index is 9.72. The van der Waals surface area contributed by atoms with Crippen LogP contribution in [-0.4, -0.2) is 41.3 Å². The van der Waals surface area contributed by atoms with E-state index in [4.69, 9.17) is 15.2 Å². The molecule has 1 unspecified atom stereocenters. The van der Waals surface area contributed by atoms with Crippen LogP contribution < -0.4 is 15.8 Å². The summed E-state index contributed by atoms with van der Waals surface area (Å²) in [6, 6.07) is 9.74. The van der Waals surface area contributed by atoms with Gasteiger partial charge in [0.05, 0.1) is 18.9 Å². The van der Waals surface area contributed by atoms with Crippen LogP contribution in [-0.2, 0) is 4.74 Å². The Kier molecular flexibility index (Phi) is 5.96. The molecule has 8 nitrogen and oxygen atoms in total. The predicted octanol–water partition coefficient (Wildman–Crippen LogP) is 3.57. The van der Waals surface area contributed by atoms with Crippen molar-refractivity contribution in [3.63, 3.8) is 0 Å². The topological polar surface area (TPSA) is 119 Å². The number of nitrogens with zero attached hydrogens (tertiary/aromatic N) is 4. The average Bonchev–Trinajstić information content (AvgIpc) is 3.33. The minimum Gasteiger partial charge on any atom is -0.497 e. The molecular weight excluding hydrogens is 392 g/mol. The molecule has 0 radical (unpaired) electrons. The van der Waals surface area contributed by atoms with Gasteiger partial charge in [-0.3, -0.25) is 0 Å². The van der Waals surface area contributed by atoms with Gasteiger partial charge in [0.25, 0.3) is 0 Å². The first-order valence-corrected chi connectivity index (χ1v) is 10.1. The van der Waals surface area contributed by atoms with Gasteiger partial charge in [0, 0.05) is 42.2 Å². The molecule has 0 spiro atoms. The standard InChI is InChI=1S/C23H24N6O2/c1-14-20(16-11-26-23(27-12-16)28-13-18-4-3-9-31-18)19(10-24)22(25)29-21(14)15-5-7-17(30-2)8-6-15/h5-8,11-12,18H,3-4,9,13H2,1-2H3,(H2,25,29)(H,26,27,28). The van der Waals surface area contributed by atoms with Crippen LogP contribution in [0, 0.1) is 18.3 Å². The largest absolute Gasteiger partial charge is 0.497 e. The maximum Gasteiger partial charge on any atom is 0.222 e. The minimum atomic E-state index is 0.175. The Morgan fingerprint density at radius 2 is 1.97 bits per heavy atom. The van der Waals surface area contributed by atoms with E-state index < -0.39 is 0 Å². The highest BCUT2D eigenvalue weighted by molar-refractivity contribution is 5.83. The van der Waals surface area contributed by atoms with Crippen molar-refractivity contribution in [2.75, 3.05) is 31.3 Å². The van der Waals surface area contributed by atoms with E-state index in [0.717, 1.165) is 36.3 Å². The number of hydrogen-bond donors (Lipinski definition) is 2. The van der Waals surface area contributed by atoms with E-state index in [-0.39, 0.29) is 11.9 Å². The fourth-order valence-corrected chi connectivity index (χ4v) is 3.76. The van der Waals surface area contributed by atoms with Crippen LogP contribution in [0.5, 0.6) is 5.75 Å². The Balaban J connectivity index is 1.67. The molecule has 1 aromatic carbocycles. The number of aromatic nitrogens is 3. The molecule has 3 N–H and O–H groups in total. The number of ether oxygens (including phenoxy) is 2. The number of pyridine rings is 1. The van der Waals surface area contributed by atoms with Gasteiger partial charge in [0.2, 0.25) is 5.95 Å². The lowest BCUT2D eigenvalue weighted by Crippen LogP contribution is -2.19. The van der Waals surface area contributed by atoms with Crippen molar-refractivity contribution in [1.82, 2.24) is 15.0 Å². The molecule has 1 fully saturated rings. The molecule has 3 heterocycles. The molecule has 0 amide bonds. The Morgan fingerprint density at radius 1 is 1.23 bits per heavy atom.